The van der Waals surface area contributed by atoms with E-state index in [1.165, 1.54) is 0 Å². The van der Waals surface area contributed by atoms with E-state index in [0.717, 1.165) is 6.42 Å². The summed E-state index contributed by atoms with van der Waals surface area (Å²) in [6.45, 7) is 3.58. The van der Waals surface area contributed by atoms with Crippen LogP contribution in [0.3, 0.4) is 0 Å². The first-order valence-corrected chi connectivity index (χ1v) is 4.54. The number of Topliss-reactive ketones (excluding diaryl/α,β-unsaturated/α-hetero) is 2. The fourth-order valence-electron chi connectivity index (χ4n) is 1.47. The molecule has 0 spiro atoms. The molecule has 2 heteroatoms. The summed E-state index contributed by atoms with van der Waals surface area (Å²) in [6, 6.07) is 0. The van der Waals surface area contributed by atoms with E-state index in [2.05, 4.69) is 6.58 Å². The summed E-state index contributed by atoms with van der Waals surface area (Å²) >= 11 is 0. The summed E-state index contributed by atoms with van der Waals surface area (Å²) in [5, 5.41) is 0. The Morgan fingerprint density at radius 1 is 1.38 bits per heavy atom. The Balaban J connectivity index is 2.33. The molecule has 0 heterocycles. The maximum atomic E-state index is 11.2. The second-order valence-corrected chi connectivity index (χ2v) is 3.31. The molecule has 0 N–H and O–H groups in total. The van der Waals surface area contributed by atoms with Crippen LogP contribution in [0.4, 0.5) is 0 Å². The Hall–Kier alpha value is -1.18. The Labute approximate surface area is 78.3 Å². The smallest absolute Gasteiger partial charge is 0.144 e. The molecule has 1 aliphatic carbocycles. The number of allylic oxidation sites excluding steroid dienone is 3. The van der Waals surface area contributed by atoms with E-state index in [9.17, 15) is 9.59 Å². The highest BCUT2D eigenvalue weighted by molar-refractivity contribution is 6.07. The zero-order valence-electron chi connectivity index (χ0n) is 7.66. The summed E-state index contributed by atoms with van der Waals surface area (Å²) in [4.78, 5) is 22.1. The second-order valence-electron chi connectivity index (χ2n) is 3.31. The molecular formula is C11H14O2. The van der Waals surface area contributed by atoms with Crippen molar-refractivity contribution in [3.8, 4) is 0 Å². The van der Waals surface area contributed by atoms with E-state index in [4.69, 9.17) is 0 Å². The van der Waals surface area contributed by atoms with Crippen LogP contribution >= 0.6 is 0 Å². The summed E-state index contributed by atoms with van der Waals surface area (Å²) in [5.41, 5.74) is 0. The van der Waals surface area contributed by atoms with Crippen LogP contribution in [0.15, 0.2) is 24.8 Å². The molecule has 0 amide bonds. The highest BCUT2D eigenvalue weighted by atomic mass is 16.2. The molecule has 1 aliphatic rings. The number of rotatable bonds is 4. The van der Waals surface area contributed by atoms with Gasteiger partial charge in [0.05, 0.1) is 6.42 Å². The molecule has 0 aromatic carbocycles. The lowest BCUT2D eigenvalue weighted by Gasteiger charge is -2.00. The van der Waals surface area contributed by atoms with Crippen LogP contribution in [0.1, 0.15) is 25.7 Å². The van der Waals surface area contributed by atoms with E-state index < -0.39 is 0 Å². The highest BCUT2D eigenvalue weighted by Crippen LogP contribution is 2.21. The lowest BCUT2D eigenvalue weighted by Crippen LogP contribution is -2.03. The van der Waals surface area contributed by atoms with Crippen LogP contribution in [-0.2, 0) is 9.59 Å². The highest BCUT2D eigenvalue weighted by Gasteiger charge is 2.29. The van der Waals surface area contributed by atoms with Crippen LogP contribution < -0.4 is 0 Å². The van der Waals surface area contributed by atoms with E-state index in [0.29, 0.717) is 12.8 Å². The van der Waals surface area contributed by atoms with Crippen molar-refractivity contribution in [2.24, 2.45) is 5.92 Å². The molecule has 0 saturated heterocycles. The minimum Gasteiger partial charge on any atom is -0.299 e. The van der Waals surface area contributed by atoms with Gasteiger partial charge in [-0.05, 0) is 12.8 Å². The number of ketones is 2. The normalized spacial score (nSPS) is 22.9. The lowest BCUT2D eigenvalue weighted by molar-refractivity contribution is -0.122. The quantitative estimate of drug-likeness (QED) is 0.487. The number of carbonyl (C=O) groups is 2. The molecule has 2 nitrogen and oxygen atoms in total. The molecule has 1 unspecified atom stereocenters. The maximum absolute atomic E-state index is 11.2. The van der Waals surface area contributed by atoms with Gasteiger partial charge in [-0.15, -0.1) is 6.58 Å². The summed E-state index contributed by atoms with van der Waals surface area (Å²) in [6.07, 6.45) is 7.87. The summed E-state index contributed by atoms with van der Waals surface area (Å²) < 4.78 is 0. The number of hydrogen-bond donors (Lipinski definition) is 0. The van der Waals surface area contributed by atoms with Crippen molar-refractivity contribution < 1.29 is 9.59 Å². The average Bonchev–Trinajstić information content (AvgIpc) is 2.39. The first kappa shape index (κ1) is 9.90. The van der Waals surface area contributed by atoms with Crippen molar-refractivity contribution >= 4 is 11.6 Å². The molecule has 0 aliphatic heterocycles. The van der Waals surface area contributed by atoms with Crippen molar-refractivity contribution in [1.29, 1.82) is 0 Å². The summed E-state index contributed by atoms with van der Waals surface area (Å²) in [5.74, 6) is 0.147. The molecule has 70 valence electrons. The minimum atomic E-state index is -0.0476. The largest absolute Gasteiger partial charge is 0.299 e. The van der Waals surface area contributed by atoms with Gasteiger partial charge in [0.15, 0.2) is 0 Å². The molecule has 1 atom stereocenters. The zero-order chi connectivity index (χ0) is 9.68. The second kappa shape index (κ2) is 4.75. The Kier molecular flexibility index (Phi) is 3.62. The van der Waals surface area contributed by atoms with E-state index in [-0.39, 0.29) is 23.9 Å². The molecule has 1 rings (SSSR count). The molecule has 1 fully saturated rings. The molecule has 1 saturated carbocycles. The lowest BCUT2D eigenvalue weighted by atomic mass is 10.0. The van der Waals surface area contributed by atoms with Gasteiger partial charge >= 0.3 is 0 Å². The molecule has 0 aromatic heterocycles. The predicted octanol–water partition coefficient (Wildman–Crippen LogP) is 2.06. The fraction of sp³-hybridized carbons (Fsp3) is 0.455. The van der Waals surface area contributed by atoms with Crippen molar-refractivity contribution in [2.45, 2.75) is 25.7 Å². The van der Waals surface area contributed by atoms with Gasteiger partial charge in [-0.3, -0.25) is 9.59 Å². The van der Waals surface area contributed by atoms with Crippen molar-refractivity contribution in [1.82, 2.24) is 0 Å². The van der Waals surface area contributed by atoms with Gasteiger partial charge in [0, 0.05) is 12.3 Å². The van der Waals surface area contributed by atoms with Crippen LogP contribution in [0.5, 0.6) is 0 Å². The maximum Gasteiger partial charge on any atom is 0.144 e. The van der Waals surface area contributed by atoms with Crippen LogP contribution in [0.2, 0.25) is 0 Å². The number of carbonyl (C=O) groups excluding carboxylic acids is 2. The van der Waals surface area contributed by atoms with Gasteiger partial charge < -0.3 is 0 Å². The van der Waals surface area contributed by atoms with Crippen molar-refractivity contribution in [2.75, 3.05) is 0 Å². The van der Waals surface area contributed by atoms with Crippen molar-refractivity contribution in [3.05, 3.63) is 24.8 Å². The zero-order valence-corrected chi connectivity index (χ0v) is 7.66. The molecule has 0 aromatic rings. The number of hydrogen-bond acceptors (Lipinski definition) is 2. The molecular weight excluding hydrogens is 164 g/mol. The van der Waals surface area contributed by atoms with Gasteiger partial charge in [0.2, 0.25) is 0 Å². The third-order valence-electron chi connectivity index (χ3n) is 2.19. The first-order chi connectivity index (χ1) is 6.24. The SMILES string of the molecule is C=CCC=CCC1CC(=O)CC1=O. The Bertz CT molecular complexity index is 251. The van der Waals surface area contributed by atoms with E-state index in [1.54, 1.807) is 6.08 Å². The third-order valence-corrected chi connectivity index (χ3v) is 2.19. The molecule has 13 heavy (non-hydrogen) atoms. The van der Waals surface area contributed by atoms with Gasteiger partial charge in [-0.2, -0.15) is 0 Å². The molecule has 0 bridgehead atoms. The van der Waals surface area contributed by atoms with Gasteiger partial charge in [0.1, 0.15) is 11.6 Å². The third kappa shape index (κ3) is 2.98. The van der Waals surface area contributed by atoms with Gasteiger partial charge in [-0.25, -0.2) is 0 Å². The van der Waals surface area contributed by atoms with Gasteiger partial charge in [-0.1, -0.05) is 18.2 Å². The van der Waals surface area contributed by atoms with Crippen LogP contribution in [0, 0.1) is 5.92 Å². The van der Waals surface area contributed by atoms with Crippen LogP contribution in [-0.4, -0.2) is 11.6 Å². The van der Waals surface area contributed by atoms with Crippen molar-refractivity contribution in [3.63, 3.8) is 0 Å². The predicted molar refractivity (Wildman–Crippen MR) is 51.3 cm³/mol. The minimum absolute atomic E-state index is 0.0476. The van der Waals surface area contributed by atoms with E-state index >= 15 is 0 Å². The average molecular weight is 178 g/mol. The Morgan fingerprint density at radius 2 is 2.15 bits per heavy atom. The topological polar surface area (TPSA) is 34.1 Å². The van der Waals surface area contributed by atoms with Crippen LogP contribution in [0.25, 0.3) is 0 Å². The van der Waals surface area contributed by atoms with E-state index in [1.807, 2.05) is 12.2 Å². The first-order valence-electron chi connectivity index (χ1n) is 4.54. The monoisotopic (exact) mass is 178 g/mol. The standard InChI is InChI=1S/C11H14O2/c1-2-3-4-5-6-9-7-10(12)8-11(9)13/h2,4-5,9H,1,3,6-8H2. The molecule has 0 radical (unpaired) electrons. The Morgan fingerprint density at radius 3 is 2.69 bits per heavy atom. The van der Waals surface area contributed by atoms with Gasteiger partial charge in [0.25, 0.3) is 0 Å². The fourth-order valence-corrected chi connectivity index (χ4v) is 1.47. The summed E-state index contributed by atoms with van der Waals surface area (Å²) in [7, 11) is 0.